The molecule has 2 rings (SSSR count). The quantitative estimate of drug-likeness (QED) is 0.886. The fourth-order valence-corrected chi connectivity index (χ4v) is 1.99. The van der Waals surface area contributed by atoms with Crippen LogP contribution in [0.25, 0.3) is 0 Å². The summed E-state index contributed by atoms with van der Waals surface area (Å²) in [6.45, 7) is 0. The topological polar surface area (TPSA) is 46.2 Å². The first-order chi connectivity index (χ1) is 7.66. The Kier molecular flexibility index (Phi) is 3.27. The molecule has 0 fully saturated rings. The molecular weight excluding hydrogens is 266 g/mol. The highest BCUT2D eigenvalue weighted by molar-refractivity contribution is 9.10. The van der Waals surface area contributed by atoms with Gasteiger partial charge < -0.3 is 10.8 Å². The lowest BCUT2D eigenvalue weighted by Crippen LogP contribution is -2.11. The van der Waals surface area contributed by atoms with Gasteiger partial charge in [0.2, 0.25) is 0 Å². The molecule has 2 aromatic rings. The molecule has 0 heterocycles. The normalized spacial score (nSPS) is 12.4. The van der Waals surface area contributed by atoms with Crippen LogP contribution in [0.3, 0.4) is 0 Å². The van der Waals surface area contributed by atoms with E-state index in [9.17, 15) is 5.11 Å². The molecule has 3 heteroatoms. The van der Waals surface area contributed by atoms with Crippen molar-refractivity contribution in [2.75, 3.05) is 0 Å². The van der Waals surface area contributed by atoms with Crippen LogP contribution in [0.1, 0.15) is 17.2 Å². The number of halogens is 1. The molecule has 1 atom stereocenters. The van der Waals surface area contributed by atoms with Crippen molar-refractivity contribution >= 4 is 15.9 Å². The van der Waals surface area contributed by atoms with Gasteiger partial charge in [-0.3, -0.25) is 0 Å². The van der Waals surface area contributed by atoms with E-state index in [-0.39, 0.29) is 11.8 Å². The Morgan fingerprint density at radius 3 is 2.31 bits per heavy atom. The highest BCUT2D eigenvalue weighted by atomic mass is 79.9. The van der Waals surface area contributed by atoms with Gasteiger partial charge in [-0.2, -0.15) is 0 Å². The third-order valence-corrected chi connectivity index (χ3v) is 2.95. The summed E-state index contributed by atoms with van der Waals surface area (Å²) >= 11 is 3.42. The predicted octanol–water partition coefficient (Wildman–Crippen LogP) is 3.20. The van der Waals surface area contributed by atoms with Gasteiger partial charge in [0.05, 0.1) is 6.04 Å². The third kappa shape index (κ3) is 2.43. The van der Waals surface area contributed by atoms with Gasteiger partial charge in [0.15, 0.2) is 0 Å². The molecule has 0 bridgehead atoms. The minimum Gasteiger partial charge on any atom is -0.508 e. The molecule has 0 saturated carbocycles. The van der Waals surface area contributed by atoms with Crippen LogP contribution in [0.5, 0.6) is 5.75 Å². The van der Waals surface area contributed by atoms with Gasteiger partial charge in [0, 0.05) is 4.47 Å². The van der Waals surface area contributed by atoms with Crippen LogP contribution in [0, 0.1) is 0 Å². The second-order valence-corrected chi connectivity index (χ2v) is 4.54. The van der Waals surface area contributed by atoms with E-state index in [4.69, 9.17) is 5.73 Å². The summed E-state index contributed by atoms with van der Waals surface area (Å²) in [5.74, 6) is 0.255. The summed E-state index contributed by atoms with van der Waals surface area (Å²) in [5, 5.41) is 9.20. The maximum Gasteiger partial charge on any atom is 0.115 e. The van der Waals surface area contributed by atoms with Crippen molar-refractivity contribution in [2.24, 2.45) is 5.73 Å². The van der Waals surface area contributed by atoms with Crippen molar-refractivity contribution in [1.82, 2.24) is 0 Å². The molecule has 3 N–H and O–H groups in total. The molecule has 0 aromatic heterocycles. The highest BCUT2D eigenvalue weighted by Crippen LogP contribution is 2.23. The first-order valence-corrected chi connectivity index (χ1v) is 5.76. The summed E-state index contributed by atoms with van der Waals surface area (Å²) in [6, 6.07) is 14.7. The second kappa shape index (κ2) is 4.68. The van der Waals surface area contributed by atoms with E-state index in [1.807, 2.05) is 36.4 Å². The molecule has 2 aromatic carbocycles. The van der Waals surface area contributed by atoms with Crippen molar-refractivity contribution in [3.05, 3.63) is 64.1 Å². The number of aromatic hydroxyl groups is 1. The summed E-state index contributed by atoms with van der Waals surface area (Å²) in [6.07, 6.45) is 0. The van der Waals surface area contributed by atoms with E-state index in [1.54, 1.807) is 12.1 Å². The van der Waals surface area contributed by atoms with Gasteiger partial charge in [0.25, 0.3) is 0 Å². The lowest BCUT2D eigenvalue weighted by Gasteiger charge is -2.12. The standard InChI is InChI=1S/C13H12BrNO/c14-11-3-1-2-10(8-11)13(15)9-4-6-12(16)7-5-9/h1-8,13,16H,15H2. The van der Waals surface area contributed by atoms with Crippen molar-refractivity contribution in [1.29, 1.82) is 0 Å². The number of nitrogens with two attached hydrogens (primary N) is 1. The van der Waals surface area contributed by atoms with Crippen LogP contribution in [0.2, 0.25) is 0 Å². The minimum absolute atomic E-state index is 0.168. The number of phenolic OH excluding ortho intramolecular Hbond substituents is 1. The van der Waals surface area contributed by atoms with Gasteiger partial charge in [0.1, 0.15) is 5.75 Å². The maximum atomic E-state index is 9.20. The molecule has 1 unspecified atom stereocenters. The molecule has 0 aliphatic heterocycles. The van der Waals surface area contributed by atoms with Gasteiger partial charge >= 0.3 is 0 Å². The monoisotopic (exact) mass is 277 g/mol. The Labute approximate surface area is 103 Å². The summed E-state index contributed by atoms with van der Waals surface area (Å²) < 4.78 is 1.01. The first kappa shape index (κ1) is 11.2. The van der Waals surface area contributed by atoms with Crippen molar-refractivity contribution in [3.63, 3.8) is 0 Å². The van der Waals surface area contributed by atoms with Crippen LogP contribution in [0.4, 0.5) is 0 Å². The van der Waals surface area contributed by atoms with E-state index in [0.717, 1.165) is 15.6 Å². The average Bonchev–Trinajstić information content (AvgIpc) is 2.29. The number of hydrogen-bond donors (Lipinski definition) is 2. The average molecular weight is 278 g/mol. The zero-order valence-corrected chi connectivity index (χ0v) is 10.2. The minimum atomic E-state index is -0.168. The number of hydrogen-bond acceptors (Lipinski definition) is 2. The van der Waals surface area contributed by atoms with Crippen LogP contribution < -0.4 is 5.73 Å². The van der Waals surface area contributed by atoms with Crippen LogP contribution in [0.15, 0.2) is 53.0 Å². The molecule has 0 saturated heterocycles. The van der Waals surface area contributed by atoms with Gasteiger partial charge in [-0.15, -0.1) is 0 Å². The lowest BCUT2D eigenvalue weighted by molar-refractivity contribution is 0.475. The van der Waals surface area contributed by atoms with E-state index >= 15 is 0 Å². The smallest absolute Gasteiger partial charge is 0.115 e. The Balaban J connectivity index is 2.31. The molecule has 82 valence electrons. The first-order valence-electron chi connectivity index (χ1n) is 4.97. The van der Waals surface area contributed by atoms with Gasteiger partial charge in [-0.25, -0.2) is 0 Å². The Morgan fingerprint density at radius 1 is 1.00 bits per heavy atom. The van der Waals surface area contributed by atoms with Crippen molar-refractivity contribution in [2.45, 2.75) is 6.04 Å². The SMILES string of the molecule is NC(c1ccc(O)cc1)c1cccc(Br)c1. The highest BCUT2D eigenvalue weighted by Gasteiger charge is 2.08. The largest absolute Gasteiger partial charge is 0.508 e. The third-order valence-electron chi connectivity index (χ3n) is 2.46. The fourth-order valence-electron chi connectivity index (χ4n) is 1.57. The second-order valence-electron chi connectivity index (χ2n) is 3.62. The molecule has 2 nitrogen and oxygen atoms in total. The van der Waals surface area contributed by atoms with Crippen LogP contribution in [-0.4, -0.2) is 5.11 Å². The fraction of sp³-hybridized carbons (Fsp3) is 0.0769. The van der Waals surface area contributed by atoms with Crippen LogP contribution >= 0.6 is 15.9 Å². The summed E-state index contributed by atoms with van der Waals surface area (Å²) in [7, 11) is 0. The van der Waals surface area contributed by atoms with Crippen molar-refractivity contribution < 1.29 is 5.11 Å². The Hall–Kier alpha value is -1.32. The number of phenols is 1. The Morgan fingerprint density at radius 2 is 1.69 bits per heavy atom. The van der Waals surface area contributed by atoms with E-state index < -0.39 is 0 Å². The molecule has 16 heavy (non-hydrogen) atoms. The lowest BCUT2D eigenvalue weighted by atomic mass is 10.00. The maximum absolute atomic E-state index is 9.20. The summed E-state index contributed by atoms with van der Waals surface area (Å²) in [5.41, 5.74) is 8.16. The van der Waals surface area contributed by atoms with Crippen molar-refractivity contribution in [3.8, 4) is 5.75 Å². The molecule has 0 amide bonds. The van der Waals surface area contributed by atoms with Gasteiger partial charge in [-0.1, -0.05) is 40.2 Å². The van der Waals surface area contributed by atoms with E-state index in [1.165, 1.54) is 0 Å². The van der Waals surface area contributed by atoms with E-state index in [0.29, 0.717) is 0 Å². The number of rotatable bonds is 2. The molecule has 0 spiro atoms. The Bertz CT molecular complexity index is 482. The predicted molar refractivity (Wildman–Crippen MR) is 68.3 cm³/mol. The molecular formula is C13H12BrNO. The molecule has 0 aliphatic rings. The zero-order valence-electron chi connectivity index (χ0n) is 8.60. The van der Waals surface area contributed by atoms with Crippen LogP contribution in [-0.2, 0) is 0 Å². The zero-order chi connectivity index (χ0) is 11.5. The number of benzene rings is 2. The summed E-state index contributed by atoms with van der Waals surface area (Å²) in [4.78, 5) is 0. The molecule has 0 radical (unpaired) electrons. The van der Waals surface area contributed by atoms with E-state index in [2.05, 4.69) is 15.9 Å². The van der Waals surface area contributed by atoms with Gasteiger partial charge in [-0.05, 0) is 35.4 Å². The molecule has 0 aliphatic carbocycles.